The Morgan fingerprint density at radius 2 is 1.52 bits per heavy atom. The van der Waals surface area contributed by atoms with Gasteiger partial charge in [0.05, 0.1) is 30.5 Å². The predicted molar refractivity (Wildman–Crippen MR) is 233 cm³/mol. The SMILES string of the molecule is CC(C)(C)c1ccc(-n2c(-c3[c-]ccc4c3oc3ccccc34)nc3ccccc32)cc1.C[Si](C)(C)c1cnc(-c2[c-]cccc2)cc1CC1CCCCC1.[Ir]. The van der Waals surface area contributed by atoms with Crippen molar-refractivity contribution in [3.8, 4) is 28.3 Å². The number of aromatic nitrogens is 3. The first-order chi connectivity index (χ1) is 26.5. The summed E-state index contributed by atoms with van der Waals surface area (Å²) >= 11 is 0. The molecule has 0 aliphatic heterocycles. The van der Waals surface area contributed by atoms with Crippen molar-refractivity contribution in [1.82, 2.24) is 14.5 Å². The molecule has 5 aromatic carbocycles. The van der Waals surface area contributed by atoms with Gasteiger partial charge in [-0.2, -0.15) is 0 Å². The zero-order chi connectivity index (χ0) is 38.2. The summed E-state index contributed by atoms with van der Waals surface area (Å²) in [6.45, 7) is 14.0. The molecule has 3 aromatic heterocycles. The van der Waals surface area contributed by atoms with Crippen molar-refractivity contribution in [1.29, 1.82) is 0 Å². The first-order valence-corrected chi connectivity index (χ1v) is 23.4. The van der Waals surface area contributed by atoms with E-state index < -0.39 is 8.07 Å². The monoisotopic (exact) mass is 930 g/mol. The van der Waals surface area contributed by atoms with Crippen LogP contribution in [-0.4, -0.2) is 22.6 Å². The van der Waals surface area contributed by atoms with E-state index in [-0.39, 0.29) is 25.5 Å². The standard InChI is InChI=1S/C29H23N2O.C21H28NSi.Ir/c1-29(2,3)19-15-17-20(18-16-19)31-25-13-6-5-12-24(25)30-28(31)23-11-8-10-22-21-9-4-7-14-26(21)32-27(22)23;1-23(2,3)21-16-22-20(18-12-8-5-9-13-18)15-19(21)14-17-10-6-4-7-11-17;/h4-10,12-18H,1-3H3;5,8-9,12,15-17H,4,6-7,10-11,14H2,1-3H3;/q2*-1;. The number of imidazole rings is 1. The molecule has 1 radical (unpaired) electrons. The number of fused-ring (bicyclic) bond motifs is 4. The van der Waals surface area contributed by atoms with E-state index in [9.17, 15) is 0 Å². The number of benzene rings is 5. The van der Waals surface area contributed by atoms with E-state index in [1.165, 1.54) is 44.1 Å². The molecule has 1 aliphatic carbocycles. The van der Waals surface area contributed by atoms with Crippen LogP contribution in [0.2, 0.25) is 19.6 Å². The van der Waals surface area contributed by atoms with Gasteiger partial charge >= 0.3 is 0 Å². The maximum atomic E-state index is 6.30. The van der Waals surface area contributed by atoms with Crippen molar-refractivity contribution in [3.05, 3.63) is 145 Å². The second kappa shape index (κ2) is 16.5. The van der Waals surface area contributed by atoms with Gasteiger partial charge in [0.25, 0.3) is 0 Å². The topological polar surface area (TPSA) is 43.9 Å². The molecule has 0 amide bonds. The number of para-hydroxylation sites is 3. The average molecular weight is 930 g/mol. The molecule has 0 bridgehead atoms. The molecule has 9 rings (SSSR count). The summed E-state index contributed by atoms with van der Waals surface area (Å²) in [5, 5.41) is 3.73. The first-order valence-electron chi connectivity index (χ1n) is 19.9. The Kier molecular flexibility index (Phi) is 11.6. The quantitative estimate of drug-likeness (QED) is 0.123. The molecule has 287 valence electrons. The van der Waals surface area contributed by atoms with Crippen LogP contribution >= 0.6 is 0 Å². The van der Waals surface area contributed by atoms with Crippen molar-refractivity contribution < 1.29 is 24.5 Å². The zero-order valence-corrected chi connectivity index (χ0v) is 36.8. The fourth-order valence-corrected chi connectivity index (χ4v) is 9.76. The molecule has 0 saturated heterocycles. The third kappa shape index (κ3) is 8.25. The normalized spacial score (nSPS) is 13.8. The number of furan rings is 1. The summed E-state index contributed by atoms with van der Waals surface area (Å²) in [5.74, 6) is 1.70. The molecule has 0 spiro atoms. The van der Waals surface area contributed by atoms with Crippen molar-refractivity contribution in [2.45, 2.75) is 84.4 Å². The summed E-state index contributed by atoms with van der Waals surface area (Å²) in [6, 6.07) is 46.5. The molecular weight excluding hydrogens is 879 g/mol. The average Bonchev–Trinajstić information content (AvgIpc) is 3.77. The Labute approximate surface area is 346 Å². The fourth-order valence-electron chi connectivity index (χ4n) is 8.17. The summed E-state index contributed by atoms with van der Waals surface area (Å²) in [5.41, 5.74) is 10.8. The van der Waals surface area contributed by atoms with Crippen LogP contribution in [0.25, 0.3) is 61.3 Å². The van der Waals surface area contributed by atoms with Gasteiger partial charge in [0, 0.05) is 37.4 Å². The van der Waals surface area contributed by atoms with Crippen LogP contribution in [0, 0.1) is 18.1 Å². The molecule has 0 unspecified atom stereocenters. The Bertz CT molecular complexity index is 2570. The number of hydrogen-bond donors (Lipinski definition) is 0. The van der Waals surface area contributed by atoms with Gasteiger partial charge in [-0.3, -0.25) is 4.98 Å². The molecule has 1 saturated carbocycles. The number of nitrogens with zero attached hydrogens (tertiary/aromatic N) is 3. The smallest absolute Gasteiger partial charge is 0.120 e. The molecular formula is C50H51IrN3OSi-2. The van der Waals surface area contributed by atoms with Crippen LogP contribution in [-0.2, 0) is 31.9 Å². The molecule has 3 heterocycles. The molecule has 0 N–H and O–H groups in total. The Morgan fingerprint density at radius 1 is 0.786 bits per heavy atom. The van der Waals surface area contributed by atoms with Crippen molar-refractivity contribution in [3.63, 3.8) is 0 Å². The van der Waals surface area contributed by atoms with E-state index in [1.807, 2.05) is 42.5 Å². The Morgan fingerprint density at radius 3 is 2.25 bits per heavy atom. The van der Waals surface area contributed by atoms with Gasteiger partial charge < -0.3 is 14.0 Å². The molecule has 56 heavy (non-hydrogen) atoms. The molecule has 1 fully saturated rings. The number of pyridine rings is 1. The van der Waals surface area contributed by atoms with Gasteiger partial charge in [0.2, 0.25) is 0 Å². The molecule has 6 heteroatoms. The summed E-state index contributed by atoms with van der Waals surface area (Å²) in [6.07, 6.45) is 10.5. The van der Waals surface area contributed by atoms with Crippen LogP contribution in [0.1, 0.15) is 64.0 Å². The Balaban J connectivity index is 0.000000178. The van der Waals surface area contributed by atoms with Gasteiger partial charge in [0.15, 0.2) is 0 Å². The second-order valence-electron chi connectivity index (χ2n) is 17.2. The van der Waals surface area contributed by atoms with E-state index in [1.54, 1.807) is 10.8 Å². The van der Waals surface area contributed by atoms with Crippen LogP contribution < -0.4 is 5.19 Å². The fraction of sp³-hybridized carbons (Fsp3) is 0.280. The minimum absolute atomic E-state index is 0. The number of hydrogen-bond acceptors (Lipinski definition) is 3. The largest absolute Gasteiger partial charge is 0.501 e. The van der Waals surface area contributed by atoms with Crippen molar-refractivity contribution in [2.75, 3.05) is 0 Å². The minimum atomic E-state index is -1.36. The van der Waals surface area contributed by atoms with Crippen LogP contribution in [0.4, 0.5) is 0 Å². The summed E-state index contributed by atoms with van der Waals surface area (Å²) in [4.78, 5) is 9.80. The maximum absolute atomic E-state index is 6.30. The second-order valence-corrected chi connectivity index (χ2v) is 22.2. The molecule has 0 atom stereocenters. The van der Waals surface area contributed by atoms with Gasteiger partial charge in [-0.1, -0.05) is 138 Å². The maximum Gasteiger partial charge on any atom is 0.120 e. The first kappa shape index (κ1) is 39.6. The third-order valence-corrected chi connectivity index (χ3v) is 13.2. The summed E-state index contributed by atoms with van der Waals surface area (Å²) < 4.78 is 8.51. The van der Waals surface area contributed by atoms with Gasteiger partial charge in [-0.25, -0.2) is 0 Å². The van der Waals surface area contributed by atoms with Crippen LogP contribution in [0.15, 0.2) is 126 Å². The summed E-state index contributed by atoms with van der Waals surface area (Å²) in [7, 11) is -1.36. The zero-order valence-electron chi connectivity index (χ0n) is 33.5. The van der Waals surface area contributed by atoms with E-state index in [0.29, 0.717) is 0 Å². The van der Waals surface area contributed by atoms with Crippen LogP contribution in [0.5, 0.6) is 0 Å². The van der Waals surface area contributed by atoms with E-state index in [2.05, 4.69) is 136 Å². The third-order valence-electron chi connectivity index (χ3n) is 11.1. The van der Waals surface area contributed by atoms with Crippen molar-refractivity contribution >= 4 is 46.2 Å². The predicted octanol–water partition coefficient (Wildman–Crippen LogP) is 12.9. The van der Waals surface area contributed by atoms with Crippen molar-refractivity contribution in [2.24, 2.45) is 5.92 Å². The molecule has 4 nitrogen and oxygen atoms in total. The number of rotatable bonds is 6. The minimum Gasteiger partial charge on any atom is -0.501 e. The van der Waals surface area contributed by atoms with Gasteiger partial charge in [0.1, 0.15) is 5.58 Å². The Hall–Kier alpha value is -4.61. The van der Waals surface area contributed by atoms with E-state index >= 15 is 0 Å². The molecule has 8 aromatic rings. The van der Waals surface area contributed by atoms with Crippen LogP contribution in [0.3, 0.4) is 0 Å². The van der Waals surface area contributed by atoms with E-state index in [0.717, 1.165) is 67.2 Å². The van der Waals surface area contributed by atoms with Gasteiger partial charge in [-0.15, -0.1) is 54.1 Å². The molecule has 1 aliphatic rings. The van der Waals surface area contributed by atoms with Gasteiger partial charge in [-0.05, 0) is 64.5 Å². The van der Waals surface area contributed by atoms with E-state index in [4.69, 9.17) is 14.4 Å².